The van der Waals surface area contributed by atoms with Crippen LogP contribution in [-0.2, 0) is 4.79 Å². The summed E-state index contributed by atoms with van der Waals surface area (Å²) in [6.07, 6.45) is 4.21. The number of carbonyl (C=O) groups excluding carboxylic acids is 1. The molecule has 32 heavy (non-hydrogen) atoms. The van der Waals surface area contributed by atoms with Crippen LogP contribution in [0.2, 0.25) is 0 Å². The van der Waals surface area contributed by atoms with Crippen LogP contribution >= 0.6 is 0 Å². The lowest BCUT2D eigenvalue weighted by Crippen LogP contribution is -2.34. The molecule has 0 radical (unpaired) electrons. The summed E-state index contributed by atoms with van der Waals surface area (Å²) in [5, 5.41) is 9.95. The molecular weight excluding hydrogens is 404 g/mol. The van der Waals surface area contributed by atoms with Crippen LogP contribution in [0.15, 0.2) is 60.8 Å². The first-order chi connectivity index (χ1) is 15.5. The molecule has 0 saturated carbocycles. The molecule has 8 heteroatoms. The van der Waals surface area contributed by atoms with Gasteiger partial charge in [0, 0.05) is 30.1 Å². The number of nitrogens with zero attached hydrogens (tertiary/aromatic N) is 2. The number of primary amides is 1. The van der Waals surface area contributed by atoms with E-state index in [-0.39, 0.29) is 5.91 Å². The number of benzene rings is 2. The lowest BCUT2D eigenvalue weighted by molar-refractivity contribution is -0.115. The first-order valence-corrected chi connectivity index (χ1v) is 10.7. The van der Waals surface area contributed by atoms with Gasteiger partial charge in [-0.25, -0.2) is 4.98 Å². The normalized spacial score (nSPS) is 13.4. The van der Waals surface area contributed by atoms with Crippen LogP contribution in [0.1, 0.15) is 25.3 Å². The van der Waals surface area contributed by atoms with E-state index < -0.39 is 0 Å². The molecular formula is C24H30N6O2. The molecule has 1 saturated heterocycles. The van der Waals surface area contributed by atoms with Crippen molar-refractivity contribution in [2.45, 2.75) is 32.8 Å². The number of hydrogen-bond acceptors (Lipinski definition) is 7. The Balaban J connectivity index is 0.000000668. The lowest BCUT2D eigenvalue weighted by atomic mass is 10.1. The number of piperidine rings is 1. The van der Waals surface area contributed by atoms with E-state index in [4.69, 9.17) is 4.74 Å². The second kappa shape index (κ2) is 11.7. The van der Waals surface area contributed by atoms with E-state index in [1.165, 1.54) is 6.92 Å². The molecule has 4 rings (SSSR count). The molecule has 1 amide bonds. The zero-order chi connectivity index (χ0) is 22.8. The van der Waals surface area contributed by atoms with Crippen LogP contribution in [0.4, 0.5) is 23.1 Å². The number of nitrogens with one attached hydrogen (secondary N) is 3. The van der Waals surface area contributed by atoms with Gasteiger partial charge in [0.2, 0.25) is 11.9 Å². The van der Waals surface area contributed by atoms with E-state index in [9.17, 15) is 4.79 Å². The highest BCUT2D eigenvalue weighted by molar-refractivity contribution is 5.70. The number of hydrogen-bond donors (Lipinski definition) is 4. The van der Waals surface area contributed by atoms with Crippen LogP contribution in [-0.4, -0.2) is 35.1 Å². The van der Waals surface area contributed by atoms with Gasteiger partial charge in [0.1, 0.15) is 17.7 Å². The zero-order valence-corrected chi connectivity index (χ0v) is 18.5. The van der Waals surface area contributed by atoms with E-state index in [0.29, 0.717) is 12.1 Å². The highest BCUT2D eigenvalue weighted by Crippen LogP contribution is 2.23. The molecule has 2 heterocycles. The molecule has 0 atom stereocenters. The van der Waals surface area contributed by atoms with Gasteiger partial charge < -0.3 is 26.4 Å². The third-order valence-electron chi connectivity index (χ3n) is 4.71. The maximum Gasteiger partial charge on any atom is 0.229 e. The zero-order valence-electron chi connectivity index (χ0n) is 18.5. The summed E-state index contributed by atoms with van der Waals surface area (Å²) in [7, 11) is 0. The van der Waals surface area contributed by atoms with Crippen molar-refractivity contribution < 1.29 is 9.53 Å². The first-order valence-electron chi connectivity index (χ1n) is 10.7. The van der Waals surface area contributed by atoms with Crippen LogP contribution in [0, 0.1) is 6.92 Å². The van der Waals surface area contributed by atoms with Gasteiger partial charge in [-0.05, 0) is 69.3 Å². The molecule has 5 N–H and O–H groups in total. The molecule has 168 valence electrons. The minimum atomic E-state index is -0.333. The van der Waals surface area contributed by atoms with Crippen molar-refractivity contribution in [1.29, 1.82) is 0 Å². The highest BCUT2D eigenvalue weighted by Gasteiger charge is 2.14. The summed E-state index contributed by atoms with van der Waals surface area (Å²) in [6, 6.07) is 17.9. The quantitative estimate of drug-likeness (QED) is 0.465. The summed E-state index contributed by atoms with van der Waals surface area (Å²) < 4.78 is 6.05. The number of rotatable bonds is 6. The van der Waals surface area contributed by atoms with Crippen LogP contribution in [0.25, 0.3) is 0 Å². The Kier molecular flexibility index (Phi) is 8.39. The van der Waals surface area contributed by atoms with Crippen molar-refractivity contribution in [2.75, 3.05) is 23.7 Å². The van der Waals surface area contributed by atoms with Gasteiger partial charge in [-0.15, -0.1) is 0 Å². The standard InChI is InChI=1S/C22H25N5O.C2H5NO/c1-16-15-24-22(27-21(16)25-17-5-3-2-4-6-17)26-18-7-9-19(10-8-18)28-20-11-13-23-14-12-20;1-2(3)4/h2-10,15,20,23H,11-14H2,1H3,(H2,24,25,26,27);1H3,(H2,3,4). The van der Waals surface area contributed by atoms with Crippen LogP contribution in [0.5, 0.6) is 5.75 Å². The number of aromatic nitrogens is 2. The van der Waals surface area contributed by atoms with E-state index in [1.807, 2.05) is 67.7 Å². The Morgan fingerprint density at radius 3 is 2.31 bits per heavy atom. The number of para-hydroxylation sites is 1. The topological polar surface area (TPSA) is 114 Å². The fourth-order valence-corrected chi connectivity index (χ4v) is 3.14. The predicted octanol–water partition coefficient (Wildman–Crippen LogP) is 3.89. The van der Waals surface area contributed by atoms with E-state index in [0.717, 1.165) is 54.4 Å². The Hall–Kier alpha value is -3.65. The SMILES string of the molecule is CC(N)=O.Cc1cnc(Nc2ccc(OC3CCNCC3)cc2)nc1Nc1ccccc1. The smallest absolute Gasteiger partial charge is 0.229 e. The Morgan fingerprint density at radius 2 is 1.66 bits per heavy atom. The fourth-order valence-electron chi connectivity index (χ4n) is 3.14. The van der Waals surface area contributed by atoms with Gasteiger partial charge in [0.15, 0.2) is 0 Å². The Morgan fingerprint density at radius 1 is 1.03 bits per heavy atom. The number of anilines is 4. The van der Waals surface area contributed by atoms with Gasteiger partial charge in [0.25, 0.3) is 0 Å². The van der Waals surface area contributed by atoms with Crippen molar-refractivity contribution in [1.82, 2.24) is 15.3 Å². The van der Waals surface area contributed by atoms with Gasteiger partial charge >= 0.3 is 0 Å². The van der Waals surface area contributed by atoms with Crippen LogP contribution in [0.3, 0.4) is 0 Å². The molecule has 1 aliphatic heterocycles. The van der Waals surface area contributed by atoms with Crippen molar-refractivity contribution in [3.8, 4) is 5.75 Å². The molecule has 2 aromatic carbocycles. The monoisotopic (exact) mass is 434 g/mol. The summed E-state index contributed by atoms with van der Waals surface area (Å²) in [5.41, 5.74) is 7.38. The number of amides is 1. The summed E-state index contributed by atoms with van der Waals surface area (Å²) >= 11 is 0. The molecule has 8 nitrogen and oxygen atoms in total. The van der Waals surface area contributed by atoms with Gasteiger partial charge in [-0.3, -0.25) is 4.79 Å². The first kappa shape index (κ1) is 23.0. The minimum absolute atomic E-state index is 0.298. The third-order valence-corrected chi connectivity index (χ3v) is 4.71. The Bertz CT molecular complexity index is 985. The molecule has 0 aliphatic carbocycles. The predicted molar refractivity (Wildman–Crippen MR) is 128 cm³/mol. The largest absolute Gasteiger partial charge is 0.490 e. The van der Waals surface area contributed by atoms with Crippen LogP contribution < -0.4 is 26.4 Å². The number of carbonyl (C=O) groups is 1. The minimum Gasteiger partial charge on any atom is -0.490 e. The second-order valence-electron chi connectivity index (χ2n) is 7.54. The van der Waals surface area contributed by atoms with Gasteiger partial charge in [0.05, 0.1) is 0 Å². The van der Waals surface area contributed by atoms with E-state index in [1.54, 1.807) is 0 Å². The third kappa shape index (κ3) is 7.55. The van der Waals surface area contributed by atoms with Crippen molar-refractivity contribution in [3.63, 3.8) is 0 Å². The highest BCUT2D eigenvalue weighted by atomic mass is 16.5. The summed E-state index contributed by atoms with van der Waals surface area (Å²) in [5.74, 6) is 1.90. The fraction of sp³-hybridized carbons (Fsp3) is 0.292. The second-order valence-corrected chi connectivity index (χ2v) is 7.54. The number of aryl methyl sites for hydroxylation is 1. The molecule has 0 unspecified atom stereocenters. The van der Waals surface area contributed by atoms with E-state index >= 15 is 0 Å². The molecule has 0 spiro atoms. The molecule has 0 bridgehead atoms. The maximum absolute atomic E-state index is 9.22. The average molecular weight is 435 g/mol. The molecule has 3 aromatic rings. The van der Waals surface area contributed by atoms with E-state index in [2.05, 4.69) is 31.7 Å². The molecule has 1 aromatic heterocycles. The molecule has 1 fully saturated rings. The number of ether oxygens (including phenoxy) is 1. The molecule has 1 aliphatic rings. The number of nitrogens with two attached hydrogens (primary N) is 1. The van der Waals surface area contributed by atoms with Crippen molar-refractivity contribution in [2.24, 2.45) is 5.73 Å². The van der Waals surface area contributed by atoms with Gasteiger partial charge in [-0.1, -0.05) is 18.2 Å². The summed E-state index contributed by atoms with van der Waals surface area (Å²) in [4.78, 5) is 18.2. The van der Waals surface area contributed by atoms with Crippen molar-refractivity contribution >= 4 is 29.0 Å². The van der Waals surface area contributed by atoms with Crippen molar-refractivity contribution in [3.05, 3.63) is 66.4 Å². The maximum atomic E-state index is 9.22. The Labute approximate surface area is 188 Å². The summed E-state index contributed by atoms with van der Waals surface area (Å²) in [6.45, 7) is 5.34. The average Bonchev–Trinajstić information content (AvgIpc) is 2.78. The van der Waals surface area contributed by atoms with Gasteiger partial charge in [-0.2, -0.15) is 4.98 Å². The lowest BCUT2D eigenvalue weighted by Gasteiger charge is -2.23.